The Morgan fingerprint density at radius 2 is 2.06 bits per heavy atom. The summed E-state index contributed by atoms with van der Waals surface area (Å²) in [6, 6.07) is 4.17. The number of aryl methyl sites for hydroxylation is 2. The SMILES string of the molecule is CCCOC(=O)CSc1cc(C)c(Br)cc1C. The van der Waals surface area contributed by atoms with Crippen LogP contribution >= 0.6 is 27.7 Å². The molecule has 0 aliphatic carbocycles. The predicted octanol–water partition coefficient (Wildman–Crippen LogP) is 4.11. The van der Waals surface area contributed by atoms with E-state index in [4.69, 9.17) is 4.74 Å². The van der Waals surface area contributed by atoms with Crippen LogP contribution in [0.2, 0.25) is 0 Å². The number of halogens is 1. The van der Waals surface area contributed by atoms with E-state index in [1.165, 1.54) is 22.9 Å². The molecule has 1 aromatic carbocycles. The molecule has 0 atom stereocenters. The molecule has 1 aromatic rings. The molecule has 17 heavy (non-hydrogen) atoms. The van der Waals surface area contributed by atoms with Crippen LogP contribution in [0.1, 0.15) is 24.5 Å². The zero-order valence-electron chi connectivity index (χ0n) is 10.4. The van der Waals surface area contributed by atoms with Gasteiger partial charge in [0.25, 0.3) is 0 Å². The van der Waals surface area contributed by atoms with Gasteiger partial charge in [0.15, 0.2) is 0 Å². The Bertz CT molecular complexity index is 405. The van der Waals surface area contributed by atoms with Crippen molar-refractivity contribution in [1.29, 1.82) is 0 Å². The summed E-state index contributed by atoms with van der Waals surface area (Å²) in [4.78, 5) is 12.5. The highest BCUT2D eigenvalue weighted by atomic mass is 79.9. The van der Waals surface area contributed by atoms with Crippen molar-refractivity contribution in [3.8, 4) is 0 Å². The third-order valence-electron chi connectivity index (χ3n) is 2.27. The monoisotopic (exact) mass is 316 g/mol. The Morgan fingerprint density at radius 1 is 1.35 bits per heavy atom. The molecule has 0 saturated carbocycles. The molecule has 1 rings (SSSR count). The van der Waals surface area contributed by atoms with Gasteiger partial charge >= 0.3 is 5.97 Å². The van der Waals surface area contributed by atoms with Gasteiger partial charge < -0.3 is 4.74 Å². The van der Waals surface area contributed by atoms with Crippen molar-refractivity contribution in [1.82, 2.24) is 0 Å². The Kier molecular flexibility index (Phi) is 6.06. The normalized spacial score (nSPS) is 10.4. The first-order chi connectivity index (χ1) is 8.04. The zero-order valence-corrected chi connectivity index (χ0v) is 12.8. The molecule has 0 unspecified atom stereocenters. The molecule has 0 saturated heterocycles. The standard InChI is InChI=1S/C13H17BrO2S/c1-4-5-16-13(15)8-17-12-7-9(2)11(14)6-10(12)3/h6-7H,4-5,8H2,1-3H3. The van der Waals surface area contributed by atoms with Crippen LogP contribution in [0.3, 0.4) is 0 Å². The fourth-order valence-corrected chi connectivity index (χ4v) is 2.67. The van der Waals surface area contributed by atoms with Crippen LogP contribution in [0.5, 0.6) is 0 Å². The third-order valence-corrected chi connectivity index (χ3v) is 4.25. The average molecular weight is 317 g/mol. The van der Waals surface area contributed by atoms with Crippen molar-refractivity contribution in [2.45, 2.75) is 32.1 Å². The lowest BCUT2D eigenvalue weighted by Crippen LogP contribution is -2.07. The van der Waals surface area contributed by atoms with E-state index in [0.29, 0.717) is 12.4 Å². The van der Waals surface area contributed by atoms with Crippen molar-refractivity contribution < 1.29 is 9.53 Å². The highest BCUT2D eigenvalue weighted by molar-refractivity contribution is 9.10. The third kappa shape index (κ3) is 4.72. The number of rotatable bonds is 5. The molecule has 4 heteroatoms. The minimum atomic E-state index is -0.142. The molecule has 0 aliphatic heterocycles. The molecular weight excluding hydrogens is 300 g/mol. The van der Waals surface area contributed by atoms with Crippen molar-refractivity contribution in [3.63, 3.8) is 0 Å². The van der Waals surface area contributed by atoms with Gasteiger partial charge in [-0.05, 0) is 43.5 Å². The topological polar surface area (TPSA) is 26.3 Å². The Hall–Kier alpha value is -0.480. The van der Waals surface area contributed by atoms with E-state index in [9.17, 15) is 4.79 Å². The molecular formula is C13H17BrO2S. The van der Waals surface area contributed by atoms with Crippen LogP contribution in [-0.4, -0.2) is 18.3 Å². The first-order valence-electron chi connectivity index (χ1n) is 5.59. The second-order valence-electron chi connectivity index (χ2n) is 3.88. The van der Waals surface area contributed by atoms with Gasteiger partial charge in [0.05, 0.1) is 12.4 Å². The van der Waals surface area contributed by atoms with Crippen LogP contribution in [0.15, 0.2) is 21.5 Å². The number of hydrogen-bond acceptors (Lipinski definition) is 3. The maximum Gasteiger partial charge on any atom is 0.316 e. The Morgan fingerprint density at radius 3 is 2.71 bits per heavy atom. The van der Waals surface area contributed by atoms with Crippen LogP contribution in [0.4, 0.5) is 0 Å². The van der Waals surface area contributed by atoms with Gasteiger partial charge in [-0.25, -0.2) is 0 Å². The highest BCUT2D eigenvalue weighted by Crippen LogP contribution is 2.28. The van der Waals surface area contributed by atoms with Gasteiger partial charge in [-0.1, -0.05) is 22.9 Å². The molecule has 0 aromatic heterocycles. The molecule has 0 radical (unpaired) electrons. The number of hydrogen-bond donors (Lipinski definition) is 0. The average Bonchev–Trinajstić information content (AvgIpc) is 2.29. The predicted molar refractivity (Wildman–Crippen MR) is 75.6 cm³/mol. The minimum absolute atomic E-state index is 0.142. The Labute approximate surface area is 115 Å². The summed E-state index contributed by atoms with van der Waals surface area (Å²) in [7, 11) is 0. The van der Waals surface area contributed by atoms with Gasteiger partial charge in [-0.15, -0.1) is 11.8 Å². The van der Waals surface area contributed by atoms with Crippen molar-refractivity contribution >= 4 is 33.7 Å². The summed E-state index contributed by atoms with van der Waals surface area (Å²) in [6.07, 6.45) is 0.868. The van der Waals surface area contributed by atoms with Gasteiger partial charge in [0.1, 0.15) is 0 Å². The molecule has 0 amide bonds. The summed E-state index contributed by atoms with van der Waals surface area (Å²) in [5, 5.41) is 0. The largest absolute Gasteiger partial charge is 0.465 e. The summed E-state index contributed by atoms with van der Waals surface area (Å²) in [5.41, 5.74) is 2.36. The number of carbonyl (C=O) groups is 1. The van der Waals surface area contributed by atoms with E-state index in [2.05, 4.69) is 28.1 Å². The smallest absolute Gasteiger partial charge is 0.316 e. The Balaban J connectivity index is 2.57. The maximum atomic E-state index is 11.4. The number of thioether (sulfide) groups is 1. The van der Waals surface area contributed by atoms with E-state index < -0.39 is 0 Å². The fraction of sp³-hybridized carbons (Fsp3) is 0.462. The number of esters is 1. The number of benzene rings is 1. The van der Waals surface area contributed by atoms with Crippen LogP contribution in [0.25, 0.3) is 0 Å². The van der Waals surface area contributed by atoms with Crippen molar-refractivity contribution in [2.75, 3.05) is 12.4 Å². The number of carbonyl (C=O) groups excluding carboxylic acids is 1. The van der Waals surface area contributed by atoms with E-state index in [1.807, 2.05) is 20.8 Å². The van der Waals surface area contributed by atoms with Crippen LogP contribution in [-0.2, 0) is 9.53 Å². The van der Waals surface area contributed by atoms with Crippen LogP contribution < -0.4 is 0 Å². The van der Waals surface area contributed by atoms with Gasteiger partial charge in [-0.3, -0.25) is 4.79 Å². The first kappa shape index (κ1) is 14.6. The number of ether oxygens (including phenoxy) is 1. The first-order valence-corrected chi connectivity index (χ1v) is 7.37. The summed E-state index contributed by atoms with van der Waals surface area (Å²) in [6.45, 7) is 6.59. The van der Waals surface area contributed by atoms with Gasteiger partial charge in [0.2, 0.25) is 0 Å². The summed E-state index contributed by atoms with van der Waals surface area (Å²) < 4.78 is 6.14. The van der Waals surface area contributed by atoms with Gasteiger partial charge in [0, 0.05) is 9.37 Å². The lowest BCUT2D eigenvalue weighted by Gasteiger charge is -2.08. The molecule has 0 bridgehead atoms. The molecule has 0 heterocycles. The van der Waals surface area contributed by atoms with E-state index in [0.717, 1.165) is 15.8 Å². The molecule has 0 fully saturated rings. The lowest BCUT2D eigenvalue weighted by molar-refractivity contribution is -0.140. The minimum Gasteiger partial charge on any atom is -0.465 e. The van der Waals surface area contributed by atoms with Crippen molar-refractivity contribution in [3.05, 3.63) is 27.7 Å². The molecule has 0 N–H and O–H groups in total. The lowest BCUT2D eigenvalue weighted by atomic mass is 10.2. The molecule has 0 spiro atoms. The maximum absolute atomic E-state index is 11.4. The molecule has 0 aliphatic rings. The van der Waals surface area contributed by atoms with E-state index in [-0.39, 0.29) is 5.97 Å². The van der Waals surface area contributed by atoms with Crippen molar-refractivity contribution in [2.24, 2.45) is 0 Å². The van der Waals surface area contributed by atoms with Gasteiger partial charge in [-0.2, -0.15) is 0 Å². The summed E-state index contributed by atoms with van der Waals surface area (Å²) in [5.74, 6) is 0.235. The van der Waals surface area contributed by atoms with E-state index >= 15 is 0 Å². The molecule has 2 nitrogen and oxygen atoms in total. The second-order valence-corrected chi connectivity index (χ2v) is 5.75. The molecule has 94 valence electrons. The fourth-order valence-electron chi connectivity index (χ4n) is 1.30. The van der Waals surface area contributed by atoms with Crippen LogP contribution in [0, 0.1) is 13.8 Å². The van der Waals surface area contributed by atoms with E-state index in [1.54, 1.807) is 0 Å². The second kappa shape index (κ2) is 7.07. The summed E-state index contributed by atoms with van der Waals surface area (Å²) >= 11 is 5.03. The quantitative estimate of drug-likeness (QED) is 0.604. The highest BCUT2D eigenvalue weighted by Gasteiger charge is 2.07. The zero-order chi connectivity index (χ0) is 12.8.